The first kappa shape index (κ1) is 12.1. The molecule has 0 aliphatic heterocycles. The molecule has 1 unspecified atom stereocenters. The minimum Gasteiger partial charge on any atom is -0.310 e. The maximum atomic E-state index is 3.68. The summed E-state index contributed by atoms with van der Waals surface area (Å²) < 4.78 is 1.20. The van der Waals surface area contributed by atoms with Gasteiger partial charge in [-0.25, -0.2) is 0 Å². The van der Waals surface area contributed by atoms with Crippen LogP contribution in [0.25, 0.3) is 0 Å². The van der Waals surface area contributed by atoms with Crippen LogP contribution in [0.1, 0.15) is 43.4 Å². The van der Waals surface area contributed by atoms with Gasteiger partial charge < -0.3 is 5.32 Å². The molecule has 0 spiro atoms. The molecule has 2 heteroatoms. The Morgan fingerprint density at radius 1 is 1.38 bits per heavy atom. The van der Waals surface area contributed by atoms with E-state index in [9.17, 15) is 0 Å². The third-order valence-corrected chi connectivity index (χ3v) is 3.59. The Hall–Kier alpha value is -0.340. The van der Waals surface area contributed by atoms with Crippen molar-refractivity contribution in [3.63, 3.8) is 0 Å². The number of hydrogen-bond acceptors (Lipinski definition) is 1. The average Bonchev–Trinajstić information content (AvgIpc) is 3.01. The zero-order chi connectivity index (χ0) is 11.5. The molecule has 1 aliphatic carbocycles. The molecule has 0 saturated heterocycles. The Kier molecular flexibility index (Phi) is 4.04. The van der Waals surface area contributed by atoms with Crippen LogP contribution in [0.3, 0.4) is 0 Å². The summed E-state index contributed by atoms with van der Waals surface area (Å²) in [4.78, 5) is 0. The molecule has 1 aromatic carbocycles. The van der Waals surface area contributed by atoms with Crippen molar-refractivity contribution in [2.75, 3.05) is 6.54 Å². The van der Waals surface area contributed by atoms with Crippen molar-refractivity contribution in [2.24, 2.45) is 5.92 Å². The number of nitrogens with one attached hydrogen (secondary N) is 1. The summed E-state index contributed by atoms with van der Waals surface area (Å²) in [6.45, 7) is 5.51. The van der Waals surface area contributed by atoms with Gasteiger partial charge in [0.2, 0.25) is 0 Å². The van der Waals surface area contributed by atoms with Crippen molar-refractivity contribution in [1.82, 2.24) is 5.32 Å². The lowest BCUT2D eigenvalue weighted by molar-refractivity contribution is 0.481. The zero-order valence-corrected chi connectivity index (χ0v) is 11.7. The quantitative estimate of drug-likeness (QED) is 0.853. The summed E-state index contributed by atoms with van der Waals surface area (Å²) in [5, 5.41) is 3.68. The van der Waals surface area contributed by atoms with Crippen LogP contribution in [0.15, 0.2) is 22.7 Å². The van der Waals surface area contributed by atoms with E-state index in [2.05, 4.69) is 53.3 Å². The van der Waals surface area contributed by atoms with Crippen molar-refractivity contribution in [2.45, 2.75) is 39.2 Å². The topological polar surface area (TPSA) is 12.0 Å². The molecule has 1 aromatic rings. The molecule has 1 saturated carbocycles. The Bertz CT molecular complexity index is 338. The molecular weight excluding hydrogens is 262 g/mol. The van der Waals surface area contributed by atoms with Crippen molar-refractivity contribution in [1.29, 1.82) is 0 Å². The molecule has 1 atom stereocenters. The van der Waals surface area contributed by atoms with Crippen molar-refractivity contribution >= 4 is 15.9 Å². The number of hydrogen-bond donors (Lipinski definition) is 1. The van der Waals surface area contributed by atoms with Crippen molar-refractivity contribution in [3.8, 4) is 0 Å². The van der Waals surface area contributed by atoms with E-state index in [1.165, 1.54) is 34.9 Å². The minimum absolute atomic E-state index is 0.566. The SMILES string of the molecule is CCCNC(c1cc(C)cc(Br)c1)C1CC1. The van der Waals surface area contributed by atoms with Crippen molar-refractivity contribution in [3.05, 3.63) is 33.8 Å². The second-order valence-electron chi connectivity index (χ2n) is 4.83. The maximum absolute atomic E-state index is 3.68. The van der Waals surface area contributed by atoms with Gasteiger partial charge in [-0.1, -0.05) is 28.9 Å². The highest BCUT2D eigenvalue weighted by molar-refractivity contribution is 9.10. The number of aryl methyl sites for hydroxylation is 1. The molecular formula is C14H20BrN. The van der Waals surface area contributed by atoms with Gasteiger partial charge in [-0.2, -0.15) is 0 Å². The molecule has 16 heavy (non-hydrogen) atoms. The van der Waals surface area contributed by atoms with Gasteiger partial charge in [-0.15, -0.1) is 0 Å². The van der Waals surface area contributed by atoms with Crippen LogP contribution in [-0.2, 0) is 0 Å². The Morgan fingerprint density at radius 3 is 2.69 bits per heavy atom. The normalized spacial score (nSPS) is 17.4. The lowest BCUT2D eigenvalue weighted by atomic mass is 10.0. The van der Waals surface area contributed by atoms with E-state index < -0.39 is 0 Å². The van der Waals surface area contributed by atoms with Gasteiger partial charge in [0.15, 0.2) is 0 Å². The summed E-state index contributed by atoms with van der Waals surface area (Å²) in [6.07, 6.45) is 3.97. The molecule has 1 aliphatic rings. The fourth-order valence-electron chi connectivity index (χ4n) is 2.23. The summed E-state index contributed by atoms with van der Waals surface area (Å²) in [7, 11) is 0. The monoisotopic (exact) mass is 281 g/mol. The Balaban J connectivity index is 2.16. The van der Waals surface area contributed by atoms with Gasteiger partial charge in [-0.3, -0.25) is 0 Å². The van der Waals surface area contributed by atoms with E-state index in [0.717, 1.165) is 12.5 Å². The summed E-state index contributed by atoms with van der Waals surface area (Å²) in [6, 6.07) is 7.32. The highest BCUT2D eigenvalue weighted by atomic mass is 79.9. The van der Waals surface area contributed by atoms with E-state index in [1.54, 1.807) is 0 Å². The van der Waals surface area contributed by atoms with Crippen LogP contribution < -0.4 is 5.32 Å². The molecule has 2 rings (SSSR count). The molecule has 0 amide bonds. The molecule has 1 fully saturated rings. The predicted molar refractivity (Wildman–Crippen MR) is 72.6 cm³/mol. The van der Waals surface area contributed by atoms with E-state index in [4.69, 9.17) is 0 Å². The summed E-state index contributed by atoms with van der Waals surface area (Å²) in [5.41, 5.74) is 2.79. The number of rotatable bonds is 5. The van der Waals surface area contributed by atoms with Gasteiger partial charge >= 0.3 is 0 Å². The van der Waals surface area contributed by atoms with Gasteiger partial charge in [0, 0.05) is 10.5 Å². The lowest BCUT2D eigenvalue weighted by Gasteiger charge is -2.19. The molecule has 0 heterocycles. The van der Waals surface area contributed by atoms with E-state index >= 15 is 0 Å². The molecule has 0 bridgehead atoms. The molecule has 1 N–H and O–H groups in total. The number of halogens is 1. The first-order valence-corrected chi connectivity index (χ1v) is 7.00. The molecule has 0 radical (unpaired) electrons. The molecule has 0 aromatic heterocycles. The fraction of sp³-hybridized carbons (Fsp3) is 0.571. The van der Waals surface area contributed by atoms with E-state index in [0.29, 0.717) is 6.04 Å². The highest BCUT2D eigenvalue weighted by Crippen LogP contribution is 2.41. The number of benzene rings is 1. The minimum atomic E-state index is 0.566. The van der Waals surface area contributed by atoms with E-state index in [1.807, 2.05) is 0 Å². The lowest BCUT2D eigenvalue weighted by Crippen LogP contribution is -2.23. The third kappa shape index (κ3) is 3.08. The van der Waals surface area contributed by atoms with Crippen molar-refractivity contribution < 1.29 is 0 Å². The smallest absolute Gasteiger partial charge is 0.0349 e. The molecule has 88 valence electrons. The first-order valence-electron chi connectivity index (χ1n) is 6.21. The van der Waals surface area contributed by atoms with Crippen LogP contribution in [0.5, 0.6) is 0 Å². The fourth-order valence-corrected chi connectivity index (χ4v) is 2.86. The average molecular weight is 282 g/mol. The van der Waals surface area contributed by atoms with Crippen LogP contribution in [-0.4, -0.2) is 6.54 Å². The standard InChI is InChI=1S/C14H20BrN/c1-3-6-16-14(11-4-5-11)12-7-10(2)8-13(15)9-12/h7-9,11,14,16H,3-6H2,1-2H3. The summed E-state index contributed by atoms with van der Waals surface area (Å²) >= 11 is 3.59. The Morgan fingerprint density at radius 2 is 2.12 bits per heavy atom. The predicted octanol–water partition coefficient (Wildman–Crippen LogP) is 4.21. The first-order chi connectivity index (χ1) is 7.70. The highest BCUT2D eigenvalue weighted by Gasteiger charge is 2.31. The van der Waals surface area contributed by atoms with Crippen LogP contribution in [0.4, 0.5) is 0 Å². The van der Waals surface area contributed by atoms with Crippen LogP contribution in [0.2, 0.25) is 0 Å². The van der Waals surface area contributed by atoms with Crippen LogP contribution in [0, 0.1) is 12.8 Å². The largest absolute Gasteiger partial charge is 0.310 e. The second-order valence-corrected chi connectivity index (χ2v) is 5.75. The van der Waals surface area contributed by atoms with Gasteiger partial charge in [-0.05, 0) is 61.9 Å². The third-order valence-electron chi connectivity index (χ3n) is 3.13. The second kappa shape index (κ2) is 5.33. The summed E-state index contributed by atoms with van der Waals surface area (Å²) in [5.74, 6) is 0.861. The Labute approximate surface area is 107 Å². The van der Waals surface area contributed by atoms with Gasteiger partial charge in [0.1, 0.15) is 0 Å². The zero-order valence-electron chi connectivity index (χ0n) is 10.1. The van der Waals surface area contributed by atoms with Crippen LogP contribution >= 0.6 is 15.9 Å². The van der Waals surface area contributed by atoms with Gasteiger partial charge in [0.25, 0.3) is 0 Å². The molecule has 1 nitrogen and oxygen atoms in total. The maximum Gasteiger partial charge on any atom is 0.0349 e. The van der Waals surface area contributed by atoms with E-state index in [-0.39, 0.29) is 0 Å². The van der Waals surface area contributed by atoms with Gasteiger partial charge in [0.05, 0.1) is 0 Å².